The van der Waals surface area contributed by atoms with Gasteiger partial charge in [-0.05, 0) is 30.3 Å². The summed E-state index contributed by atoms with van der Waals surface area (Å²) in [6.07, 6.45) is 3.39. The van der Waals surface area contributed by atoms with E-state index in [4.69, 9.17) is 5.26 Å². The number of aromatic nitrogens is 3. The summed E-state index contributed by atoms with van der Waals surface area (Å²) in [5, 5.41) is 12.3. The zero-order chi connectivity index (χ0) is 18.5. The van der Waals surface area contributed by atoms with Gasteiger partial charge in [-0.3, -0.25) is 0 Å². The number of nitrogens with one attached hydrogen (secondary N) is 1. The summed E-state index contributed by atoms with van der Waals surface area (Å²) in [6, 6.07) is 17.4. The van der Waals surface area contributed by atoms with Gasteiger partial charge in [0, 0.05) is 44.1 Å². The van der Waals surface area contributed by atoms with Crippen LogP contribution in [0.15, 0.2) is 61.1 Å². The summed E-state index contributed by atoms with van der Waals surface area (Å²) < 4.78 is 0. The second kappa shape index (κ2) is 7.70. The molecular weight excluding hydrogens is 338 g/mol. The van der Waals surface area contributed by atoms with Crippen LogP contribution in [0.1, 0.15) is 5.56 Å². The van der Waals surface area contributed by atoms with Gasteiger partial charge in [0.05, 0.1) is 11.6 Å². The molecule has 0 aliphatic carbocycles. The van der Waals surface area contributed by atoms with Crippen molar-refractivity contribution in [3.63, 3.8) is 0 Å². The van der Waals surface area contributed by atoms with Crippen LogP contribution in [0.3, 0.4) is 0 Å². The monoisotopic (exact) mass is 357 g/mol. The standard InChI is InChI=1S/C20H19N7/c21-14-16-4-3-5-17(12-16)25-18-13-20(24-15-23-18)27-10-8-26(9-11-27)19-6-1-2-7-22-19/h1-7,12-13,15H,8-11H2,(H,23,24,25). The number of piperazine rings is 1. The molecule has 7 nitrogen and oxygen atoms in total. The normalized spacial score (nSPS) is 13.9. The van der Waals surface area contributed by atoms with Crippen LogP contribution in [0, 0.1) is 11.3 Å². The van der Waals surface area contributed by atoms with Crippen molar-refractivity contribution in [2.24, 2.45) is 0 Å². The fourth-order valence-electron chi connectivity index (χ4n) is 3.11. The first-order chi connectivity index (χ1) is 13.3. The lowest BCUT2D eigenvalue weighted by Crippen LogP contribution is -2.47. The van der Waals surface area contributed by atoms with Gasteiger partial charge in [0.15, 0.2) is 0 Å². The third-order valence-corrected chi connectivity index (χ3v) is 4.49. The zero-order valence-corrected chi connectivity index (χ0v) is 14.8. The molecule has 1 aliphatic heterocycles. The van der Waals surface area contributed by atoms with Gasteiger partial charge < -0.3 is 15.1 Å². The summed E-state index contributed by atoms with van der Waals surface area (Å²) in [6.45, 7) is 3.54. The largest absolute Gasteiger partial charge is 0.353 e. The molecule has 0 atom stereocenters. The van der Waals surface area contributed by atoms with Crippen molar-refractivity contribution in [2.75, 3.05) is 41.3 Å². The third-order valence-electron chi connectivity index (χ3n) is 4.49. The van der Waals surface area contributed by atoms with Gasteiger partial charge in [-0.15, -0.1) is 0 Å². The van der Waals surface area contributed by atoms with Crippen LogP contribution in [-0.2, 0) is 0 Å². The Hall–Kier alpha value is -3.66. The van der Waals surface area contributed by atoms with Gasteiger partial charge >= 0.3 is 0 Å². The highest BCUT2D eigenvalue weighted by Gasteiger charge is 2.19. The maximum Gasteiger partial charge on any atom is 0.135 e. The first-order valence-electron chi connectivity index (χ1n) is 8.82. The van der Waals surface area contributed by atoms with Crippen LogP contribution in [0.5, 0.6) is 0 Å². The summed E-state index contributed by atoms with van der Waals surface area (Å²) in [5.74, 6) is 2.62. The first kappa shape index (κ1) is 16.8. The Morgan fingerprint density at radius 1 is 0.852 bits per heavy atom. The molecule has 3 heterocycles. The molecule has 1 saturated heterocycles. The van der Waals surface area contributed by atoms with Gasteiger partial charge in [0.1, 0.15) is 23.8 Å². The molecule has 27 heavy (non-hydrogen) atoms. The van der Waals surface area contributed by atoms with E-state index in [1.165, 1.54) is 0 Å². The highest BCUT2D eigenvalue weighted by Crippen LogP contribution is 2.21. The van der Waals surface area contributed by atoms with Crippen molar-refractivity contribution in [2.45, 2.75) is 0 Å². The summed E-state index contributed by atoms with van der Waals surface area (Å²) in [4.78, 5) is 17.7. The minimum absolute atomic E-state index is 0.611. The van der Waals surface area contributed by atoms with Crippen LogP contribution in [-0.4, -0.2) is 41.1 Å². The predicted molar refractivity (Wildman–Crippen MR) is 105 cm³/mol. The number of hydrogen-bond donors (Lipinski definition) is 1. The number of nitriles is 1. The highest BCUT2D eigenvalue weighted by atomic mass is 15.3. The average Bonchev–Trinajstić information content (AvgIpc) is 2.75. The maximum atomic E-state index is 9.03. The Kier molecular flexibility index (Phi) is 4.79. The molecule has 4 rings (SSSR count). The lowest BCUT2D eigenvalue weighted by atomic mass is 10.2. The molecule has 7 heteroatoms. The Labute approximate surface area is 157 Å². The molecular formula is C20H19N7. The van der Waals surface area contributed by atoms with E-state index in [-0.39, 0.29) is 0 Å². The van der Waals surface area contributed by atoms with Crippen molar-refractivity contribution >= 4 is 23.1 Å². The molecule has 1 aliphatic rings. The van der Waals surface area contributed by atoms with E-state index in [9.17, 15) is 0 Å². The Balaban J connectivity index is 1.43. The number of pyridine rings is 1. The van der Waals surface area contributed by atoms with Crippen molar-refractivity contribution in [3.8, 4) is 6.07 Å². The molecule has 1 N–H and O–H groups in total. The topological polar surface area (TPSA) is 81.0 Å². The van der Waals surface area contributed by atoms with E-state index < -0.39 is 0 Å². The van der Waals surface area contributed by atoms with Crippen LogP contribution in [0.25, 0.3) is 0 Å². The smallest absolute Gasteiger partial charge is 0.135 e. The average molecular weight is 357 g/mol. The second-order valence-electron chi connectivity index (χ2n) is 6.24. The lowest BCUT2D eigenvalue weighted by molar-refractivity contribution is 0.641. The molecule has 0 amide bonds. The minimum Gasteiger partial charge on any atom is -0.353 e. The predicted octanol–water partition coefficient (Wildman–Crippen LogP) is 2.81. The first-order valence-corrected chi connectivity index (χ1v) is 8.82. The van der Waals surface area contributed by atoms with Gasteiger partial charge in [0.25, 0.3) is 0 Å². The van der Waals surface area contributed by atoms with E-state index in [2.05, 4.69) is 36.1 Å². The fraction of sp³-hybridized carbons (Fsp3) is 0.200. The molecule has 0 saturated carbocycles. The fourth-order valence-corrected chi connectivity index (χ4v) is 3.11. The third kappa shape index (κ3) is 3.96. The van der Waals surface area contributed by atoms with Crippen molar-refractivity contribution in [3.05, 3.63) is 66.6 Å². The number of benzene rings is 1. The molecule has 1 aromatic carbocycles. The van der Waals surface area contributed by atoms with Crippen LogP contribution in [0.2, 0.25) is 0 Å². The maximum absolute atomic E-state index is 9.03. The van der Waals surface area contributed by atoms with E-state index >= 15 is 0 Å². The summed E-state index contributed by atoms with van der Waals surface area (Å²) >= 11 is 0. The molecule has 0 bridgehead atoms. The molecule has 0 spiro atoms. The molecule has 0 radical (unpaired) electrons. The number of rotatable bonds is 4. The molecule has 1 fully saturated rings. The lowest BCUT2D eigenvalue weighted by Gasteiger charge is -2.36. The quantitative estimate of drug-likeness (QED) is 0.769. The van der Waals surface area contributed by atoms with Crippen molar-refractivity contribution in [1.82, 2.24) is 15.0 Å². The highest BCUT2D eigenvalue weighted by molar-refractivity contribution is 5.61. The number of nitrogens with zero attached hydrogens (tertiary/aromatic N) is 6. The van der Waals surface area contributed by atoms with Crippen LogP contribution in [0.4, 0.5) is 23.1 Å². The summed E-state index contributed by atoms with van der Waals surface area (Å²) in [7, 11) is 0. The molecule has 2 aromatic heterocycles. The van der Waals surface area contributed by atoms with E-state index in [0.717, 1.165) is 43.5 Å². The van der Waals surface area contributed by atoms with Crippen LogP contribution < -0.4 is 15.1 Å². The van der Waals surface area contributed by atoms with Crippen molar-refractivity contribution < 1.29 is 0 Å². The Morgan fingerprint density at radius 3 is 2.41 bits per heavy atom. The van der Waals surface area contributed by atoms with Crippen molar-refractivity contribution in [1.29, 1.82) is 5.26 Å². The number of hydrogen-bond acceptors (Lipinski definition) is 7. The number of anilines is 4. The zero-order valence-electron chi connectivity index (χ0n) is 14.8. The van der Waals surface area contributed by atoms with Gasteiger partial charge in [-0.1, -0.05) is 12.1 Å². The van der Waals surface area contributed by atoms with E-state index in [1.807, 2.05) is 42.6 Å². The molecule has 134 valence electrons. The van der Waals surface area contributed by atoms with Gasteiger partial charge in [0.2, 0.25) is 0 Å². The summed E-state index contributed by atoms with van der Waals surface area (Å²) in [5.41, 5.74) is 1.44. The SMILES string of the molecule is N#Cc1cccc(Nc2cc(N3CCN(c4ccccn4)CC3)ncn2)c1. The van der Waals surface area contributed by atoms with Crippen LogP contribution >= 0.6 is 0 Å². The van der Waals surface area contributed by atoms with Gasteiger partial charge in [-0.25, -0.2) is 15.0 Å². The minimum atomic E-state index is 0.611. The molecule has 3 aromatic rings. The second-order valence-corrected chi connectivity index (χ2v) is 6.24. The van der Waals surface area contributed by atoms with E-state index in [1.54, 1.807) is 18.5 Å². The molecule has 0 unspecified atom stereocenters. The van der Waals surface area contributed by atoms with E-state index in [0.29, 0.717) is 11.4 Å². The Bertz CT molecular complexity index is 944. The van der Waals surface area contributed by atoms with Gasteiger partial charge in [-0.2, -0.15) is 5.26 Å². The Morgan fingerprint density at radius 2 is 1.67 bits per heavy atom.